The molecule has 0 bridgehead atoms. The predicted octanol–water partition coefficient (Wildman–Crippen LogP) is 11.3. The molecular weight excluding hydrogens is 789 g/mol. The van der Waals surface area contributed by atoms with Crippen molar-refractivity contribution in [3.8, 4) is 34.1 Å². The molecule has 0 saturated carbocycles. The number of benzene rings is 8. The molecule has 0 aromatic heterocycles. The second-order valence-corrected chi connectivity index (χ2v) is 13.8. The van der Waals surface area contributed by atoms with E-state index in [1.54, 1.807) is 60.7 Å². The maximum absolute atomic E-state index is 12.2. The number of nitro groups is 2. The van der Waals surface area contributed by atoms with E-state index >= 15 is 0 Å². The lowest BCUT2D eigenvalue weighted by Crippen LogP contribution is -1.94. The third kappa shape index (κ3) is 7.89. The Balaban J connectivity index is 1.20. The maximum atomic E-state index is 12.2. The molecule has 14 heteroatoms. The fourth-order valence-corrected chi connectivity index (χ4v) is 6.94. The van der Waals surface area contributed by atoms with Crippen molar-refractivity contribution >= 4 is 80.5 Å². The second kappa shape index (κ2) is 17.1. The third-order valence-corrected chi connectivity index (χ3v) is 9.97. The Morgan fingerprint density at radius 1 is 0.387 bits per heavy atom. The summed E-state index contributed by atoms with van der Waals surface area (Å²) in [6, 6.07) is 40.5. The van der Waals surface area contributed by atoms with Crippen molar-refractivity contribution < 1.29 is 30.3 Å². The van der Waals surface area contributed by atoms with Crippen LogP contribution in [-0.4, -0.2) is 55.1 Å². The van der Waals surface area contributed by atoms with Crippen LogP contribution in [0.3, 0.4) is 0 Å². The molecule has 0 saturated heterocycles. The van der Waals surface area contributed by atoms with Crippen molar-refractivity contribution in [1.82, 2.24) is 0 Å². The van der Waals surface area contributed by atoms with Crippen molar-refractivity contribution in [1.29, 1.82) is 0 Å². The third-order valence-electron chi connectivity index (χ3n) is 9.97. The normalized spacial score (nSPS) is 11.8. The lowest BCUT2D eigenvalue weighted by Gasteiger charge is -2.17. The van der Waals surface area contributed by atoms with Crippen molar-refractivity contribution in [2.24, 2.45) is 20.0 Å². The average molecular weight is 821 g/mol. The van der Waals surface area contributed by atoms with Gasteiger partial charge < -0.3 is 20.4 Å². The van der Waals surface area contributed by atoms with E-state index in [0.717, 1.165) is 10.8 Å². The van der Waals surface area contributed by atoms with Gasteiger partial charge in [-0.1, -0.05) is 84.9 Å². The van der Waals surface area contributed by atoms with E-state index in [-0.39, 0.29) is 22.6 Å². The molecule has 0 heterocycles. The zero-order chi connectivity index (χ0) is 43.3. The number of para-hydroxylation sites is 6. The van der Waals surface area contributed by atoms with Crippen molar-refractivity contribution in [3.63, 3.8) is 0 Å². The molecule has 0 fully saturated rings. The van der Waals surface area contributed by atoms with Crippen LogP contribution < -0.4 is 0 Å². The molecule has 302 valence electrons. The number of aliphatic imine (C=N–C) groups is 4. The molecule has 4 N–H and O–H groups in total. The summed E-state index contributed by atoms with van der Waals surface area (Å²) in [6.45, 7) is 0. The minimum absolute atomic E-state index is 0.145. The van der Waals surface area contributed by atoms with Crippen LogP contribution in [0.25, 0.3) is 32.7 Å². The first-order chi connectivity index (χ1) is 30.1. The SMILES string of the molecule is O=[N+]([O-])c1cccc(C=Nc2ccccc2N=Cc2cc3ccccc3c(-c3c(O)c(C=Nc4ccccc4N=Cc4cccc([N+](=O)[O-])c4O)cc4ccccc34)c2O)c1O. The molecule has 0 atom stereocenters. The number of nitrogens with zero attached hydrogens (tertiary/aromatic N) is 6. The number of rotatable bonds is 11. The highest BCUT2D eigenvalue weighted by Crippen LogP contribution is 2.47. The van der Waals surface area contributed by atoms with Crippen LogP contribution >= 0.6 is 0 Å². The summed E-state index contributed by atoms with van der Waals surface area (Å²) in [4.78, 5) is 39.6. The first-order valence-electron chi connectivity index (χ1n) is 18.9. The van der Waals surface area contributed by atoms with Crippen LogP contribution in [0.1, 0.15) is 22.3 Å². The minimum atomic E-state index is -0.680. The number of hydrogen-bond acceptors (Lipinski definition) is 12. The van der Waals surface area contributed by atoms with Crippen LogP contribution in [0, 0.1) is 20.2 Å². The molecule has 8 aromatic carbocycles. The number of hydrogen-bond donors (Lipinski definition) is 4. The molecule has 0 unspecified atom stereocenters. The Labute approximate surface area is 352 Å². The minimum Gasteiger partial charge on any atom is -0.507 e. The molecule has 0 aliphatic heterocycles. The van der Waals surface area contributed by atoms with Gasteiger partial charge in [0.25, 0.3) is 0 Å². The van der Waals surface area contributed by atoms with Gasteiger partial charge in [0.1, 0.15) is 11.5 Å². The molecule has 62 heavy (non-hydrogen) atoms. The quantitative estimate of drug-likeness (QED) is 0.0557. The van der Waals surface area contributed by atoms with Gasteiger partial charge in [0, 0.05) is 70.4 Å². The summed E-state index contributed by atoms with van der Waals surface area (Å²) < 4.78 is 0. The number of phenols is 4. The summed E-state index contributed by atoms with van der Waals surface area (Å²) in [5, 5.41) is 70.7. The highest BCUT2D eigenvalue weighted by molar-refractivity contribution is 6.14. The van der Waals surface area contributed by atoms with E-state index < -0.39 is 32.7 Å². The Hall–Kier alpha value is -9.04. The molecule has 0 aliphatic rings. The smallest absolute Gasteiger partial charge is 0.311 e. The molecular formula is C48H32N6O8. The lowest BCUT2D eigenvalue weighted by atomic mass is 9.89. The van der Waals surface area contributed by atoms with E-state index in [4.69, 9.17) is 0 Å². The maximum Gasteiger partial charge on any atom is 0.311 e. The predicted molar refractivity (Wildman–Crippen MR) is 242 cm³/mol. The van der Waals surface area contributed by atoms with Gasteiger partial charge in [0.2, 0.25) is 11.5 Å². The second-order valence-electron chi connectivity index (χ2n) is 13.8. The molecule has 8 aromatic rings. The van der Waals surface area contributed by atoms with Crippen LogP contribution in [0.15, 0.2) is 166 Å². The lowest BCUT2D eigenvalue weighted by molar-refractivity contribution is -0.386. The monoisotopic (exact) mass is 820 g/mol. The van der Waals surface area contributed by atoms with Gasteiger partial charge >= 0.3 is 11.4 Å². The molecule has 0 spiro atoms. The standard InChI is InChI=1S/C48H32N6O8/c55-45-31(13-9-21-41(45)53(59)60)25-49-37-17-5-7-19-39(37)51-27-33-23-29-11-1-3-15-35(29)43(47(33)57)44-36-16-4-2-12-30(36)24-34(48(44)58)28-52-40-20-8-6-18-38(40)50-26-32-14-10-22-42(46(32)56)54(61)62/h1-28,55-58H. The van der Waals surface area contributed by atoms with Crippen LogP contribution in [0.2, 0.25) is 0 Å². The highest BCUT2D eigenvalue weighted by atomic mass is 16.6. The van der Waals surface area contributed by atoms with Gasteiger partial charge in [0.05, 0.1) is 32.6 Å². The zero-order valence-electron chi connectivity index (χ0n) is 32.3. The van der Waals surface area contributed by atoms with Crippen LogP contribution in [0.4, 0.5) is 34.1 Å². The summed E-state index contributed by atoms with van der Waals surface area (Å²) in [5.41, 5.74) is 2.34. The fourth-order valence-electron chi connectivity index (χ4n) is 6.94. The largest absolute Gasteiger partial charge is 0.507 e. The Bertz CT molecular complexity index is 3000. The first-order valence-corrected chi connectivity index (χ1v) is 18.9. The average Bonchev–Trinajstić information content (AvgIpc) is 3.28. The fraction of sp³-hybridized carbons (Fsp3) is 0. The van der Waals surface area contributed by atoms with E-state index in [0.29, 0.717) is 55.8 Å². The highest BCUT2D eigenvalue weighted by Gasteiger charge is 2.22. The number of aromatic hydroxyl groups is 4. The van der Waals surface area contributed by atoms with Gasteiger partial charge in [-0.05, 0) is 70.1 Å². The van der Waals surface area contributed by atoms with Crippen molar-refractivity contribution in [2.75, 3.05) is 0 Å². The number of fused-ring (bicyclic) bond motifs is 2. The van der Waals surface area contributed by atoms with Crippen molar-refractivity contribution in [3.05, 3.63) is 188 Å². The Morgan fingerprint density at radius 2 is 0.710 bits per heavy atom. The summed E-state index contributed by atoms with van der Waals surface area (Å²) in [5.74, 6) is -1.35. The van der Waals surface area contributed by atoms with Gasteiger partial charge in [0.15, 0.2) is 0 Å². The molecule has 0 amide bonds. The van der Waals surface area contributed by atoms with E-state index in [1.165, 1.54) is 61.3 Å². The molecule has 8 rings (SSSR count). The van der Waals surface area contributed by atoms with Crippen LogP contribution in [0.5, 0.6) is 23.0 Å². The summed E-state index contributed by atoms with van der Waals surface area (Å²) in [7, 11) is 0. The van der Waals surface area contributed by atoms with Gasteiger partial charge in [-0.25, -0.2) is 0 Å². The number of phenolic OH excluding ortho intramolecular Hbond substituents is 4. The summed E-state index contributed by atoms with van der Waals surface area (Å²) >= 11 is 0. The van der Waals surface area contributed by atoms with Crippen molar-refractivity contribution in [2.45, 2.75) is 0 Å². The zero-order valence-corrected chi connectivity index (χ0v) is 32.3. The van der Waals surface area contributed by atoms with Gasteiger partial charge in [-0.2, -0.15) is 0 Å². The Morgan fingerprint density at radius 3 is 1.06 bits per heavy atom. The molecule has 14 nitrogen and oxygen atoms in total. The molecule has 0 radical (unpaired) electrons. The Kier molecular flexibility index (Phi) is 10.9. The van der Waals surface area contributed by atoms with E-state index in [2.05, 4.69) is 20.0 Å². The molecule has 0 aliphatic carbocycles. The van der Waals surface area contributed by atoms with E-state index in [1.807, 2.05) is 48.5 Å². The number of nitro benzene ring substituents is 2. The van der Waals surface area contributed by atoms with E-state index in [9.17, 15) is 40.7 Å². The first kappa shape index (κ1) is 39.8. The van der Waals surface area contributed by atoms with Crippen LogP contribution in [-0.2, 0) is 0 Å². The summed E-state index contributed by atoms with van der Waals surface area (Å²) in [6.07, 6.45) is 5.59. The topological polar surface area (TPSA) is 217 Å². The van der Waals surface area contributed by atoms with Gasteiger partial charge in [-0.15, -0.1) is 0 Å². The van der Waals surface area contributed by atoms with Gasteiger partial charge in [-0.3, -0.25) is 40.2 Å².